The number of nitrogens with zero attached hydrogens (tertiary/aromatic N) is 1. The van der Waals surface area contributed by atoms with Crippen LogP contribution in [0, 0.1) is 11.3 Å². The lowest BCUT2D eigenvalue weighted by Crippen LogP contribution is -2.52. The molecule has 1 aliphatic rings. The molecule has 18 heavy (non-hydrogen) atoms. The van der Waals surface area contributed by atoms with Crippen LogP contribution < -0.4 is 5.73 Å². The molecule has 5 heteroatoms. The third-order valence-corrected chi connectivity index (χ3v) is 3.18. The Morgan fingerprint density at radius 3 is 2.44 bits per heavy atom. The van der Waals surface area contributed by atoms with Crippen molar-refractivity contribution in [3.63, 3.8) is 0 Å². The number of ether oxygens (including phenoxy) is 1. The van der Waals surface area contributed by atoms with E-state index in [0.717, 1.165) is 6.42 Å². The lowest BCUT2D eigenvalue weighted by atomic mass is 9.88. The summed E-state index contributed by atoms with van der Waals surface area (Å²) < 4.78 is 4.67. The van der Waals surface area contributed by atoms with Gasteiger partial charge in [0.25, 0.3) is 0 Å². The summed E-state index contributed by atoms with van der Waals surface area (Å²) in [6.45, 7) is 6.85. The quantitative estimate of drug-likeness (QED) is 0.741. The molecule has 0 saturated carbocycles. The second-order valence-electron chi connectivity index (χ2n) is 6.10. The molecule has 0 aromatic rings. The summed E-state index contributed by atoms with van der Waals surface area (Å²) in [4.78, 5) is 25.3. The van der Waals surface area contributed by atoms with Crippen molar-refractivity contribution in [2.24, 2.45) is 17.1 Å². The van der Waals surface area contributed by atoms with Crippen molar-refractivity contribution in [2.75, 3.05) is 20.2 Å². The third-order valence-electron chi connectivity index (χ3n) is 3.18. The van der Waals surface area contributed by atoms with Gasteiger partial charge in [-0.1, -0.05) is 20.8 Å². The fraction of sp³-hybridized carbons (Fsp3) is 0.846. The Hall–Kier alpha value is -1.10. The topological polar surface area (TPSA) is 72.6 Å². The highest BCUT2D eigenvalue weighted by atomic mass is 16.5. The van der Waals surface area contributed by atoms with Crippen LogP contribution in [0.1, 0.15) is 33.6 Å². The van der Waals surface area contributed by atoms with Gasteiger partial charge in [0.05, 0.1) is 13.5 Å². The van der Waals surface area contributed by atoms with Gasteiger partial charge in [0, 0.05) is 24.5 Å². The Morgan fingerprint density at radius 1 is 1.33 bits per heavy atom. The van der Waals surface area contributed by atoms with Gasteiger partial charge in [-0.15, -0.1) is 0 Å². The molecule has 2 atom stereocenters. The van der Waals surface area contributed by atoms with Crippen molar-refractivity contribution in [1.82, 2.24) is 4.90 Å². The first-order valence-corrected chi connectivity index (χ1v) is 6.35. The number of likely N-dealkylation sites (tertiary alicyclic amines) is 1. The number of amides is 1. The van der Waals surface area contributed by atoms with E-state index < -0.39 is 5.41 Å². The Balaban J connectivity index is 2.66. The molecule has 1 fully saturated rings. The highest BCUT2D eigenvalue weighted by Gasteiger charge is 2.34. The highest BCUT2D eigenvalue weighted by molar-refractivity contribution is 5.81. The average Bonchev–Trinajstić information content (AvgIpc) is 2.25. The Bertz CT molecular complexity index is 323. The zero-order valence-electron chi connectivity index (χ0n) is 11.7. The van der Waals surface area contributed by atoms with Gasteiger partial charge in [0.15, 0.2) is 0 Å². The van der Waals surface area contributed by atoms with E-state index in [4.69, 9.17) is 5.73 Å². The molecule has 1 amide bonds. The zero-order chi connectivity index (χ0) is 13.9. The smallest absolute Gasteiger partial charge is 0.305 e. The molecule has 2 unspecified atom stereocenters. The maximum absolute atomic E-state index is 12.2. The number of carbonyl (C=O) groups is 2. The first-order valence-electron chi connectivity index (χ1n) is 6.35. The van der Waals surface area contributed by atoms with Crippen LogP contribution >= 0.6 is 0 Å². The molecule has 0 spiro atoms. The molecule has 2 N–H and O–H groups in total. The number of esters is 1. The Labute approximate surface area is 109 Å². The van der Waals surface area contributed by atoms with Crippen molar-refractivity contribution in [3.05, 3.63) is 0 Å². The molecule has 1 heterocycles. The van der Waals surface area contributed by atoms with E-state index in [-0.39, 0.29) is 23.8 Å². The largest absolute Gasteiger partial charge is 0.469 e. The Kier molecular flexibility index (Phi) is 4.73. The van der Waals surface area contributed by atoms with Gasteiger partial charge < -0.3 is 15.4 Å². The fourth-order valence-corrected chi connectivity index (χ4v) is 2.35. The van der Waals surface area contributed by atoms with Crippen LogP contribution in [0.25, 0.3) is 0 Å². The van der Waals surface area contributed by atoms with Gasteiger partial charge in [-0.25, -0.2) is 0 Å². The average molecular weight is 256 g/mol. The van der Waals surface area contributed by atoms with E-state index in [0.29, 0.717) is 19.5 Å². The molecule has 0 aromatic carbocycles. The maximum Gasteiger partial charge on any atom is 0.305 e. The van der Waals surface area contributed by atoms with Gasteiger partial charge in [0.2, 0.25) is 5.91 Å². The van der Waals surface area contributed by atoms with E-state index in [1.807, 2.05) is 20.8 Å². The molecule has 104 valence electrons. The minimum absolute atomic E-state index is 0.0558. The molecule has 0 bridgehead atoms. The summed E-state index contributed by atoms with van der Waals surface area (Å²) in [5.41, 5.74) is 5.56. The summed E-state index contributed by atoms with van der Waals surface area (Å²) in [7, 11) is 1.38. The van der Waals surface area contributed by atoms with E-state index >= 15 is 0 Å². The molecule has 1 aliphatic heterocycles. The van der Waals surface area contributed by atoms with Crippen molar-refractivity contribution < 1.29 is 14.3 Å². The summed E-state index contributed by atoms with van der Waals surface area (Å²) in [5, 5.41) is 0. The van der Waals surface area contributed by atoms with Crippen LogP contribution in [0.5, 0.6) is 0 Å². The van der Waals surface area contributed by atoms with Crippen LogP contribution in [0.15, 0.2) is 0 Å². The van der Waals surface area contributed by atoms with Gasteiger partial charge in [-0.05, 0) is 12.3 Å². The number of nitrogens with two attached hydrogens (primary N) is 1. The first kappa shape index (κ1) is 15.0. The predicted molar refractivity (Wildman–Crippen MR) is 68.8 cm³/mol. The lowest BCUT2D eigenvalue weighted by Gasteiger charge is -2.39. The van der Waals surface area contributed by atoms with Crippen LogP contribution in [-0.2, 0) is 14.3 Å². The van der Waals surface area contributed by atoms with Crippen LogP contribution in [0.4, 0.5) is 0 Å². The number of hydrogen-bond acceptors (Lipinski definition) is 4. The molecule has 1 saturated heterocycles. The number of hydrogen-bond donors (Lipinski definition) is 1. The molecule has 5 nitrogen and oxygen atoms in total. The summed E-state index contributed by atoms with van der Waals surface area (Å²) in [6, 6.07) is -0.0558. The molecule has 0 radical (unpaired) electrons. The second kappa shape index (κ2) is 5.69. The molecule has 0 aliphatic carbocycles. The summed E-state index contributed by atoms with van der Waals surface area (Å²) >= 11 is 0. The predicted octanol–water partition coefficient (Wildman–Crippen LogP) is 0.771. The summed E-state index contributed by atoms with van der Waals surface area (Å²) in [6.07, 6.45) is 1.10. The number of rotatable bonds is 2. The minimum atomic E-state index is -0.410. The van der Waals surface area contributed by atoms with Gasteiger partial charge >= 0.3 is 5.97 Å². The molecular weight excluding hydrogens is 232 g/mol. The highest BCUT2D eigenvalue weighted by Crippen LogP contribution is 2.24. The van der Waals surface area contributed by atoms with Gasteiger partial charge in [-0.3, -0.25) is 9.59 Å². The fourth-order valence-electron chi connectivity index (χ4n) is 2.35. The SMILES string of the molecule is COC(=O)CC1CC(N)CN(C(=O)C(C)(C)C)C1. The lowest BCUT2D eigenvalue weighted by molar-refractivity contribution is -0.146. The van der Waals surface area contributed by atoms with Gasteiger partial charge in [-0.2, -0.15) is 0 Å². The number of methoxy groups -OCH3 is 1. The standard InChI is InChI=1S/C13H24N2O3/c1-13(2,3)12(17)15-7-9(5-10(14)8-15)6-11(16)18-4/h9-10H,5-8,14H2,1-4H3. The summed E-state index contributed by atoms with van der Waals surface area (Å²) in [5.74, 6) is -0.0442. The van der Waals surface area contributed by atoms with E-state index in [9.17, 15) is 9.59 Å². The van der Waals surface area contributed by atoms with Gasteiger partial charge in [0.1, 0.15) is 0 Å². The monoisotopic (exact) mass is 256 g/mol. The molecule has 1 rings (SSSR count). The number of carbonyl (C=O) groups excluding carboxylic acids is 2. The minimum Gasteiger partial charge on any atom is -0.469 e. The molecular formula is C13H24N2O3. The zero-order valence-corrected chi connectivity index (χ0v) is 11.7. The van der Waals surface area contributed by atoms with E-state index in [2.05, 4.69) is 4.74 Å². The molecule has 0 aromatic heterocycles. The second-order valence-corrected chi connectivity index (χ2v) is 6.10. The Morgan fingerprint density at radius 2 is 1.94 bits per heavy atom. The maximum atomic E-state index is 12.2. The third kappa shape index (κ3) is 3.98. The number of piperidine rings is 1. The van der Waals surface area contributed by atoms with E-state index in [1.165, 1.54) is 7.11 Å². The first-order chi connectivity index (χ1) is 8.24. The van der Waals surface area contributed by atoms with Crippen molar-refractivity contribution in [3.8, 4) is 0 Å². The van der Waals surface area contributed by atoms with E-state index in [1.54, 1.807) is 4.90 Å². The van der Waals surface area contributed by atoms with Crippen molar-refractivity contribution in [2.45, 2.75) is 39.7 Å². The van der Waals surface area contributed by atoms with Crippen molar-refractivity contribution >= 4 is 11.9 Å². The van der Waals surface area contributed by atoms with Crippen LogP contribution in [-0.4, -0.2) is 43.0 Å². The van der Waals surface area contributed by atoms with Crippen LogP contribution in [0.3, 0.4) is 0 Å². The van der Waals surface area contributed by atoms with Crippen LogP contribution in [0.2, 0.25) is 0 Å². The normalized spacial score (nSPS) is 24.8. The van der Waals surface area contributed by atoms with Crippen molar-refractivity contribution in [1.29, 1.82) is 0 Å².